The molecule has 2 saturated carbocycles. The molecule has 4 heterocycles. The number of pyridine rings is 1. The number of aryl methyl sites for hydroxylation is 1. The molecule has 0 spiro atoms. The molecule has 1 aromatic heterocycles. The van der Waals surface area contributed by atoms with Crippen LogP contribution >= 0.6 is 0 Å². The lowest BCUT2D eigenvalue weighted by Gasteiger charge is -2.43. The van der Waals surface area contributed by atoms with Gasteiger partial charge in [0.05, 0.1) is 11.4 Å². The minimum absolute atomic E-state index is 0.0138. The number of allylic oxidation sites excluding steroid dienone is 1. The standard InChI is InChI=1S/C43H57F2N5O9S/c1-7-26(4)49(39(54)55)33-27(8-2)22-25(3)14-9-10-15-28-23-42(28,38(53)48-60(56,57)40(5)19-20-40)47-34(51)32-24-41(6,43(44,45)50(32)37(33)52)59-36-31-17-12-11-16-29(31)30-18-13-21-58-35(30)46-36/h10-12,15-17,25-28,32-33H,7-9,13-14,18-24H2,1-6H3,(H,47,51)(H,48,53)(H,54,55)/b15-10-/t25-,26?,27-,28-,32+,33+,41-,42-/m1/s1. The van der Waals surface area contributed by atoms with Crippen molar-refractivity contribution in [3.8, 4) is 11.8 Å². The number of benzene rings is 1. The Labute approximate surface area is 349 Å². The lowest BCUT2D eigenvalue weighted by Crippen LogP contribution is -2.65. The third-order valence-corrected chi connectivity index (χ3v) is 15.9. The van der Waals surface area contributed by atoms with Gasteiger partial charge < -0.3 is 19.9 Å². The van der Waals surface area contributed by atoms with Gasteiger partial charge in [0.15, 0.2) is 5.60 Å². The van der Waals surface area contributed by atoms with E-state index >= 15 is 13.6 Å². The predicted octanol–water partition coefficient (Wildman–Crippen LogP) is 6.31. The number of carboxylic acid groups (broad SMARTS) is 1. The quantitative estimate of drug-likeness (QED) is 0.191. The molecule has 3 fully saturated rings. The van der Waals surface area contributed by atoms with Crippen LogP contribution in [-0.2, 0) is 30.8 Å². The molecule has 0 bridgehead atoms. The number of sulfonamides is 1. The summed E-state index contributed by atoms with van der Waals surface area (Å²) in [6.45, 7) is 10.0. The molecule has 4 amide bonds. The second-order valence-electron chi connectivity index (χ2n) is 18.1. The topological polar surface area (TPSA) is 185 Å². The molecule has 0 radical (unpaired) electrons. The van der Waals surface area contributed by atoms with Crippen molar-refractivity contribution < 1.29 is 51.0 Å². The Morgan fingerprint density at radius 1 is 1.15 bits per heavy atom. The van der Waals surface area contributed by atoms with Crippen molar-refractivity contribution in [2.24, 2.45) is 17.8 Å². The second-order valence-corrected chi connectivity index (χ2v) is 20.3. The summed E-state index contributed by atoms with van der Waals surface area (Å²) in [7, 11) is -4.16. The largest absolute Gasteiger partial charge is 0.477 e. The number of hydrogen-bond acceptors (Lipinski definition) is 9. The SMILES string of the molecule is CCC(C)N(C(=O)O)[C@@H]1C(=O)N2[C@@H](C[C@@](C)(Oc3nc4c(c5ccccc35)CCCO4)C2(F)F)C(=O)N[C@]2(C(=O)NS(=O)(=O)C3(C)CC3)C[C@H]2/C=C\CC[C@@H](C)C[C@H]1CC. The Balaban J connectivity index is 1.36. The highest BCUT2D eigenvalue weighted by Crippen LogP contribution is 2.52. The monoisotopic (exact) mass is 857 g/mol. The van der Waals surface area contributed by atoms with E-state index in [1.165, 1.54) is 6.92 Å². The molecule has 1 saturated heterocycles. The molecule has 7 rings (SSSR count). The maximum atomic E-state index is 17.9. The first-order valence-corrected chi connectivity index (χ1v) is 22.7. The van der Waals surface area contributed by atoms with Crippen LogP contribution in [0.3, 0.4) is 0 Å². The number of carbonyl (C=O) groups excluding carboxylic acids is 3. The highest BCUT2D eigenvalue weighted by Gasteiger charge is 2.71. The number of amides is 4. The highest BCUT2D eigenvalue weighted by molar-refractivity contribution is 7.91. The average molecular weight is 858 g/mol. The van der Waals surface area contributed by atoms with Crippen molar-refractivity contribution in [2.75, 3.05) is 6.61 Å². The zero-order valence-corrected chi connectivity index (χ0v) is 35.9. The van der Waals surface area contributed by atoms with Gasteiger partial charge in [-0.3, -0.25) is 28.9 Å². The first kappa shape index (κ1) is 43.5. The zero-order chi connectivity index (χ0) is 43.6. The lowest BCUT2D eigenvalue weighted by molar-refractivity contribution is -0.219. The van der Waals surface area contributed by atoms with Crippen LogP contribution < -0.4 is 19.5 Å². The molecule has 14 nitrogen and oxygen atoms in total. The number of hydrogen-bond donors (Lipinski definition) is 3. The van der Waals surface area contributed by atoms with Gasteiger partial charge in [0.25, 0.3) is 11.8 Å². The Morgan fingerprint density at radius 2 is 1.85 bits per heavy atom. The van der Waals surface area contributed by atoms with Crippen molar-refractivity contribution >= 4 is 44.6 Å². The molecular weight excluding hydrogens is 801 g/mol. The summed E-state index contributed by atoms with van der Waals surface area (Å²) in [5.74, 6) is -4.86. The highest BCUT2D eigenvalue weighted by atomic mass is 32.2. The fourth-order valence-electron chi connectivity index (χ4n) is 9.31. The minimum atomic E-state index is -4.27. The van der Waals surface area contributed by atoms with Gasteiger partial charge in [0.1, 0.15) is 17.6 Å². The van der Waals surface area contributed by atoms with Crippen LogP contribution in [-0.4, -0.2) is 98.8 Å². The summed E-state index contributed by atoms with van der Waals surface area (Å²) in [5.41, 5.74) is -3.67. The van der Waals surface area contributed by atoms with Crippen LogP contribution in [0.15, 0.2) is 36.4 Å². The summed E-state index contributed by atoms with van der Waals surface area (Å²) in [4.78, 5) is 63.0. The van der Waals surface area contributed by atoms with E-state index in [0.29, 0.717) is 55.9 Å². The fourth-order valence-corrected chi connectivity index (χ4v) is 10.6. The predicted molar refractivity (Wildman–Crippen MR) is 218 cm³/mol. The van der Waals surface area contributed by atoms with E-state index in [-0.39, 0.29) is 41.8 Å². The Morgan fingerprint density at radius 3 is 2.50 bits per heavy atom. The van der Waals surface area contributed by atoms with Crippen molar-refractivity contribution in [1.29, 1.82) is 0 Å². The van der Waals surface area contributed by atoms with Gasteiger partial charge in [-0.25, -0.2) is 13.2 Å². The van der Waals surface area contributed by atoms with Crippen LogP contribution in [0.4, 0.5) is 13.6 Å². The van der Waals surface area contributed by atoms with Crippen LogP contribution in [0, 0.1) is 17.8 Å². The number of ether oxygens (including phenoxy) is 2. The Hall–Kier alpha value is -4.54. The molecule has 17 heteroatoms. The van der Waals surface area contributed by atoms with E-state index in [2.05, 4.69) is 15.0 Å². The van der Waals surface area contributed by atoms with E-state index in [4.69, 9.17) is 9.47 Å². The number of halogens is 2. The van der Waals surface area contributed by atoms with Gasteiger partial charge in [-0.1, -0.05) is 57.5 Å². The van der Waals surface area contributed by atoms with Gasteiger partial charge in [-0.15, -0.1) is 0 Å². The number of fused-ring (bicyclic) bond motifs is 5. The van der Waals surface area contributed by atoms with E-state index in [1.807, 2.05) is 19.1 Å². The molecule has 2 aliphatic carbocycles. The number of alkyl halides is 2. The molecule has 1 unspecified atom stereocenters. The Kier molecular flexibility index (Phi) is 11.4. The maximum Gasteiger partial charge on any atom is 0.408 e. The first-order valence-electron chi connectivity index (χ1n) is 21.2. The summed E-state index contributed by atoms with van der Waals surface area (Å²) >= 11 is 0. The molecule has 328 valence electrons. The van der Waals surface area contributed by atoms with Gasteiger partial charge in [-0.05, 0) is 102 Å². The van der Waals surface area contributed by atoms with Crippen LogP contribution in [0.5, 0.6) is 11.8 Å². The van der Waals surface area contributed by atoms with Gasteiger partial charge in [0, 0.05) is 29.3 Å². The summed E-state index contributed by atoms with van der Waals surface area (Å²) < 4.78 is 75.5. The normalized spacial score (nSPS) is 32.1. The summed E-state index contributed by atoms with van der Waals surface area (Å²) in [6.07, 6.45) is 5.35. The molecule has 2 aromatic rings. The van der Waals surface area contributed by atoms with Crippen molar-refractivity contribution in [3.05, 3.63) is 42.0 Å². The lowest BCUT2D eigenvalue weighted by atomic mass is 9.83. The fraction of sp³-hybridized carbons (Fsp3) is 0.651. The number of aromatic nitrogens is 1. The van der Waals surface area contributed by atoms with Crippen molar-refractivity contribution in [3.63, 3.8) is 0 Å². The number of carbonyl (C=O) groups is 4. The third-order valence-electron chi connectivity index (χ3n) is 13.8. The third kappa shape index (κ3) is 7.46. The van der Waals surface area contributed by atoms with E-state index in [9.17, 15) is 27.9 Å². The molecular formula is C43H57F2N5O9S. The van der Waals surface area contributed by atoms with Crippen molar-refractivity contribution in [2.45, 2.75) is 152 Å². The Bertz CT molecular complexity index is 2200. The molecule has 3 N–H and O–H groups in total. The van der Waals surface area contributed by atoms with Crippen molar-refractivity contribution in [1.82, 2.24) is 24.8 Å². The summed E-state index contributed by atoms with van der Waals surface area (Å²) in [6, 6.07) is -1.66. The van der Waals surface area contributed by atoms with Crippen LogP contribution in [0.1, 0.15) is 111 Å². The number of nitrogens with one attached hydrogen (secondary N) is 2. The zero-order valence-electron chi connectivity index (χ0n) is 35.1. The van der Waals surface area contributed by atoms with E-state index in [0.717, 1.165) is 23.8 Å². The van der Waals surface area contributed by atoms with Gasteiger partial charge in [-0.2, -0.15) is 13.8 Å². The maximum absolute atomic E-state index is 17.9. The molecule has 1 aromatic carbocycles. The summed E-state index contributed by atoms with van der Waals surface area (Å²) in [5, 5.41) is 14.4. The molecule has 5 aliphatic rings. The number of nitrogens with zero attached hydrogens (tertiary/aromatic N) is 3. The van der Waals surface area contributed by atoms with Crippen LogP contribution in [0.2, 0.25) is 0 Å². The molecule has 8 atom stereocenters. The van der Waals surface area contributed by atoms with Gasteiger partial charge >= 0.3 is 12.1 Å². The molecule has 60 heavy (non-hydrogen) atoms. The average Bonchev–Trinajstić information content (AvgIpc) is 4.11. The van der Waals surface area contributed by atoms with Gasteiger partial charge in [0.2, 0.25) is 27.7 Å². The van der Waals surface area contributed by atoms with Crippen LogP contribution in [0.25, 0.3) is 10.8 Å². The second kappa shape index (κ2) is 15.7. The molecule has 3 aliphatic heterocycles. The smallest absolute Gasteiger partial charge is 0.408 e. The first-order chi connectivity index (χ1) is 28.2. The minimum Gasteiger partial charge on any atom is -0.477 e. The van der Waals surface area contributed by atoms with E-state index in [1.54, 1.807) is 45.0 Å². The number of rotatable bonds is 9. The van der Waals surface area contributed by atoms with E-state index < -0.39 is 92.2 Å².